The van der Waals surface area contributed by atoms with Crippen molar-refractivity contribution in [2.24, 2.45) is 0 Å². The fourth-order valence-corrected chi connectivity index (χ4v) is 2.59. The Balaban J connectivity index is 2.12. The molecule has 1 aliphatic rings. The topological polar surface area (TPSA) is 23.8 Å². The zero-order chi connectivity index (χ0) is 11.7. The van der Waals surface area contributed by atoms with E-state index < -0.39 is 0 Å². The van der Waals surface area contributed by atoms with E-state index in [-0.39, 0.29) is 0 Å². The van der Waals surface area contributed by atoms with Gasteiger partial charge < -0.3 is 0 Å². The molecule has 0 saturated carbocycles. The first-order chi connectivity index (χ1) is 8.38. The largest absolute Gasteiger partial charge is 0.198 e. The van der Waals surface area contributed by atoms with E-state index >= 15 is 0 Å². The molecule has 0 aliphatic heterocycles. The Morgan fingerprint density at radius 3 is 2.59 bits per heavy atom. The van der Waals surface area contributed by atoms with Crippen molar-refractivity contribution in [2.75, 3.05) is 0 Å². The summed E-state index contributed by atoms with van der Waals surface area (Å²) in [5, 5.41) is 8.73. The number of rotatable bonds is 1. The van der Waals surface area contributed by atoms with Crippen molar-refractivity contribution in [1.82, 2.24) is 0 Å². The molecule has 0 bridgehead atoms. The summed E-state index contributed by atoms with van der Waals surface area (Å²) in [6.07, 6.45) is 2.71. The van der Waals surface area contributed by atoms with Crippen LogP contribution in [0.2, 0.25) is 0 Å². The second-order valence-corrected chi connectivity index (χ2v) is 4.48. The predicted octanol–water partition coefficient (Wildman–Crippen LogP) is 3.52. The highest BCUT2D eigenvalue weighted by atomic mass is 14.2. The lowest BCUT2D eigenvalue weighted by Crippen LogP contribution is -2.04. The summed E-state index contributed by atoms with van der Waals surface area (Å²) in [5.74, 6) is 0. The number of hydrogen-bond donors (Lipinski definition) is 0. The first-order valence-electron chi connectivity index (χ1n) is 5.95. The van der Waals surface area contributed by atoms with E-state index in [0.29, 0.717) is 6.42 Å². The molecule has 0 unspecified atom stereocenters. The van der Waals surface area contributed by atoms with Gasteiger partial charge in [-0.3, -0.25) is 0 Å². The molecular formula is C16H13N. The Labute approximate surface area is 101 Å². The van der Waals surface area contributed by atoms with Crippen LogP contribution < -0.4 is 0 Å². The fourth-order valence-electron chi connectivity index (χ4n) is 2.59. The van der Waals surface area contributed by atoms with Crippen LogP contribution in [0.4, 0.5) is 0 Å². The molecule has 3 rings (SSSR count). The Bertz CT molecular complexity index is 605. The van der Waals surface area contributed by atoms with Gasteiger partial charge in [-0.05, 0) is 40.7 Å². The van der Waals surface area contributed by atoms with Crippen molar-refractivity contribution in [3.63, 3.8) is 0 Å². The summed E-state index contributed by atoms with van der Waals surface area (Å²) in [7, 11) is 0. The van der Waals surface area contributed by atoms with Gasteiger partial charge in [0, 0.05) is 0 Å². The molecule has 0 heterocycles. The molecule has 0 N–H and O–H groups in total. The maximum absolute atomic E-state index is 8.73. The van der Waals surface area contributed by atoms with Gasteiger partial charge >= 0.3 is 0 Å². The summed E-state index contributed by atoms with van der Waals surface area (Å²) in [6.45, 7) is 0. The van der Waals surface area contributed by atoms with Crippen LogP contribution in [0.25, 0.3) is 11.1 Å². The van der Waals surface area contributed by atoms with Gasteiger partial charge in [0.25, 0.3) is 0 Å². The lowest BCUT2D eigenvalue weighted by atomic mass is 9.85. The quantitative estimate of drug-likeness (QED) is 0.720. The third-order valence-corrected chi connectivity index (χ3v) is 3.42. The molecule has 2 aromatic carbocycles. The number of nitrogens with zero attached hydrogens (tertiary/aromatic N) is 1. The highest BCUT2D eigenvalue weighted by molar-refractivity contribution is 5.73. The van der Waals surface area contributed by atoms with Gasteiger partial charge in [-0.2, -0.15) is 5.26 Å². The molecule has 0 fully saturated rings. The maximum Gasteiger partial charge on any atom is 0.0669 e. The van der Waals surface area contributed by atoms with Crippen LogP contribution in [0.3, 0.4) is 0 Å². The van der Waals surface area contributed by atoms with E-state index in [1.165, 1.54) is 22.3 Å². The molecule has 82 valence electrons. The highest BCUT2D eigenvalue weighted by Crippen LogP contribution is 2.33. The third kappa shape index (κ3) is 1.72. The van der Waals surface area contributed by atoms with Gasteiger partial charge in [-0.1, -0.05) is 42.5 Å². The Morgan fingerprint density at radius 1 is 0.941 bits per heavy atom. The van der Waals surface area contributed by atoms with Crippen molar-refractivity contribution in [1.29, 1.82) is 5.26 Å². The maximum atomic E-state index is 8.73. The molecule has 0 spiro atoms. The average molecular weight is 219 g/mol. The standard InChI is InChI=1S/C16H13N/c17-10-9-12-5-8-16-14(11-12)7-6-13-3-1-2-4-15(13)16/h1-5,8,11H,6-7,9H2. The van der Waals surface area contributed by atoms with Gasteiger partial charge in [0.2, 0.25) is 0 Å². The molecule has 0 radical (unpaired) electrons. The minimum atomic E-state index is 0.509. The average Bonchev–Trinajstić information content (AvgIpc) is 2.39. The molecule has 1 nitrogen and oxygen atoms in total. The summed E-state index contributed by atoms with van der Waals surface area (Å²) in [4.78, 5) is 0. The van der Waals surface area contributed by atoms with Crippen molar-refractivity contribution in [3.8, 4) is 17.2 Å². The van der Waals surface area contributed by atoms with Crippen LogP contribution in [-0.4, -0.2) is 0 Å². The third-order valence-electron chi connectivity index (χ3n) is 3.42. The van der Waals surface area contributed by atoms with Crippen LogP contribution in [-0.2, 0) is 19.3 Å². The normalized spacial score (nSPS) is 12.4. The summed E-state index contributed by atoms with van der Waals surface area (Å²) < 4.78 is 0. The van der Waals surface area contributed by atoms with Crippen LogP contribution in [0.15, 0.2) is 42.5 Å². The van der Waals surface area contributed by atoms with E-state index in [1.807, 2.05) is 0 Å². The Hall–Kier alpha value is -2.07. The fraction of sp³-hybridized carbons (Fsp3) is 0.188. The Morgan fingerprint density at radius 2 is 1.71 bits per heavy atom. The van der Waals surface area contributed by atoms with Crippen LogP contribution in [0.5, 0.6) is 0 Å². The molecule has 0 saturated heterocycles. The number of hydrogen-bond acceptors (Lipinski definition) is 1. The molecule has 2 aromatic rings. The minimum absolute atomic E-state index is 0.509. The van der Waals surface area contributed by atoms with E-state index in [0.717, 1.165) is 18.4 Å². The zero-order valence-corrected chi connectivity index (χ0v) is 9.61. The van der Waals surface area contributed by atoms with E-state index in [1.54, 1.807) is 0 Å². The molecule has 0 amide bonds. The predicted molar refractivity (Wildman–Crippen MR) is 68.6 cm³/mol. The van der Waals surface area contributed by atoms with Gasteiger partial charge in [-0.15, -0.1) is 0 Å². The van der Waals surface area contributed by atoms with E-state index in [2.05, 4.69) is 48.5 Å². The molecule has 1 heteroatoms. The van der Waals surface area contributed by atoms with E-state index in [9.17, 15) is 0 Å². The minimum Gasteiger partial charge on any atom is -0.198 e. The molecule has 1 aliphatic carbocycles. The lowest BCUT2D eigenvalue weighted by molar-refractivity contribution is 0.938. The molecular weight excluding hydrogens is 206 g/mol. The van der Waals surface area contributed by atoms with Gasteiger partial charge in [-0.25, -0.2) is 0 Å². The number of nitriles is 1. The van der Waals surface area contributed by atoms with Crippen molar-refractivity contribution >= 4 is 0 Å². The number of benzene rings is 2. The smallest absolute Gasteiger partial charge is 0.0669 e. The number of fused-ring (bicyclic) bond motifs is 3. The highest BCUT2D eigenvalue weighted by Gasteiger charge is 2.15. The molecule has 17 heavy (non-hydrogen) atoms. The van der Waals surface area contributed by atoms with Gasteiger partial charge in [0.1, 0.15) is 0 Å². The lowest BCUT2D eigenvalue weighted by Gasteiger charge is -2.20. The number of aryl methyl sites for hydroxylation is 2. The van der Waals surface area contributed by atoms with Crippen molar-refractivity contribution in [3.05, 3.63) is 59.2 Å². The van der Waals surface area contributed by atoms with Crippen LogP contribution >= 0.6 is 0 Å². The second-order valence-electron chi connectivity index (χ2n) is 4.48. The van der Waals surface area contributed by atoms with Crippen LogP contribution in [0, 0.1) is 11.3 Å². The van der Waals surface area contributed by atoms with Crippen molar-refractivity contribution in [2.45, 2.75) is 19.3 Å². The van der Waals surface area contributed by atoms with Gasteiger partial charge in [0.05, 0.1) is 12.5 Å². The molecule has 0 aromatic heterocycles. The molecule has 0 atom stereocenters. The summed E-state index contributed by atoms with van der Waals surface area (Å²) in [5.41, 5.74) is 6.65. The monoisotopic (exact) mass is 219 g/mol. The summed E-state index contributed by atoms with van der Waals surface area (Å²) in [6, 6.07) is 17.2. The van der Waals surface area contributed by atoms with Gasteiger partial charge in [0.15, 0.2) is 0 Å². The summed E-state index contributed by atoms with van der Waals surface area (Å²) >= 11 is 0. The Kier molecular flexibility index (Phi) is 2.42. The SMILES string of the molecule is N#CCc1ccc2c(c1)CCc1ccccc1-2. The van der Waals surface area contributed by atoms with Crippen LogP contribution in [0.1, 0.15) is 16.7 Å². The second kappa shape index (κ2) is 4.07. The first kappa shape index (κ1) is 10.1. The van der Waals surface area contributed by atoms with E-state index in [4.69, 9.17) is 5.26 Å². The van der Waals surface area contributed by atoms with Crippen molar-refractivity contribution < 1.29 is 0 Å². The first-order valence-corrected chi connectivity index (χ1v) is 5.95. The zero-order valence-electron chi connectivity index (χ0n) is 9.61.